The van der Waals surface area contributed by atoms with Crippen molar-refractivity contribution in [3.63, 3.8) is 0 Å². The van der Waals surface area contributed by atoms with Crippen molar-refractivity contribution in [2.24, 2.45) is 15.3 Å². The standard InChI is InChI=1S/C22H25N5O4/c1-4-21(30)19(24-14(2)28)11-17-7-10-22(31)20(12-17)27-26-18-8-5-16(6-9-18)13-23-25-15(3)29/h5-10,12-13,19,31H,4,11H2,1-3H3,(H,24,28)(H,25,29)/b23-13-,27-26?/t19-/m0/s1. The van der Waals surface area contributed by atoms with Gasteiger partial charge in [0, 0.05) is 20.3 Å². The molecule has 2 amide bonds. The zero-order valence-corrected chi connectivity index (χ0v) is 17.6. The largest absolute Gasteiger partial charge is 0.506 e. The van der Waals surface area contributed by atoms with Gasteiger partial charge in [-0.25, -0.2) is 5.43 Å². The van der Waals surface area contributed by atoms with Crippen LogP contribution < -0.4 is 10.7 Å². The van der Waals surface area contributed by atoms with Gasteiger partial charge >= 0.3 is 0 Å². The predicted molar refractivity (Wildman–Crippen MR) is 117 cm³/mol. The van der Waals surface area contributed by atoms with Crippen molar-refractivity contribution in [2.45, 2.75) is 39.7 Å². The number of amides is 2. The molecule has 0 aliphatic heterocycles. The second kappa shape index (κ2) is 11.3. The van der Waals surface area contributed by atoms with Gasteiger partial charge in [-0.2, -0.15) is 10.2 Å². The van der Waals surface area contributed by atoms with Crippen molar-refractivity contribution >= 4 is 35.2 Å². The van der Waals surface area contributed by atoms with Crippen LogP contribution in [0.3, 0.4) is 0 Å². The Hall–Kier alpha value is -3.88. The summed E-state index contributed by atoms with van der Waals surface area (Å²) < 4.78 is 0. The van der Waals surface area contributed by atoms with Gasteiger partial charge < -0.3 is 10.4 Å². The molecule has 0 aliphatic rings. The number of hydrogen-bond acceptors (Lipinski definition) is 7. The molecular formula is C22H25N5O4. The Kier molecular flexibility index (Phi) is 8.56. The van der Waals surface area contributed by atoms with E-state index in [2.05, 4.69) is 26.1 Å². The van der Waals surface area contributed by atoms with Gasteiger partial charge in [-0.3, -0.25) is 14.4 Å². The first-order chi connectivity index (χ1) is 14.8. The smallest absolute Gasteiger partial charge is 0.236 e. The van der Waals surface area contributed by atoms with Gasteiger partial charge in [0.05, 0.1) is 17.9 Å². The highest BCUT2D eigenvalue weighted by Gasteiger charge is 2.18. The molecule has 0 radical (unpaired) electrons. The van der Waals surface area contributed by atoms with E-state index in [1.54, 1.807) is 43.3 Å². The SMILES string of the molecule is CCC(=O)[C@H](Cc1ccc(O)c(N=Nc2ccc(/C=N\NC(C)=O)cc2)c1)NC(C)=O. The minimum Gasteiger partial charge on any atom is -0.506 e. The fourth-order valence-corrected chi connectivity index (χ4v) is 2.69. The first-order valence-electron chi connectivity index (χ1n) is 9.71. The molecule has 3 N–H and O–H groups in total. The Bertz CT molecular complexity index is 999. The monoisotopic (exact) mass is 423 g/mol. The summed E-state index contributed by atoms with van der Waals surface area (Å²) in [6.07, 6.45) is 2.10. The number of rotatable bonds is 9. The van der Waals surface area contributed by atoms with Gasteiger partial charge in [-0.1, -0.05) is 25.1 Å². The van der Waals surface area contributed by atoms with Crippen molar-refractivity contribution < 1.29 is 19.5 Å². The van der Waals surface area contributed by atoms with E-state index in [4.69, 9.17) is 0 Å². The zero-order chi connectivity index (χ0) is 22.8. The lowest BCUT2D eigenvalue weighted by atomic mass is 10.0. The fourth-order valence-electron chi connectivity index (χ4n) is 2.69. The highest BCUT2D eigenvalue weighted by atomic mass is 16.3. The molecule has 9 nitrogen and oxygen atoms in total. The molecule has 2 aromatic rings. The molecule has 1 atom stereocenters. The van der Waals surface area contributed by atoms with E-state index in [0.717, 1.165) is 11.1 Å². The summed E-state index contributed by atoms with van der Waals surface area (Å²) in [5.41, 5.74) is 4.62. The highest BCUT2D eigenvalue weighted by molar-refractivity contribution is 5.88. The number of nitrogens with one attached hydrogen (secondary N) is 2. The van der Waals surface area contributed by atoms with Gasteiger partial charge in [-0.15, -0.1) is 5.11 Å². The number of benzene rings is 2. The van der Waals surface area contributed by atoms with Gasteiger partial charge in [-0.05, 0) is 41.8 Å². The maximum absolute atomic E-state index is 12.1. The molecule has 9 heteroatoms. The lowest BCUT2D eigenvalue weighted by Gasteiger charge is -2.16. The number of Topliss-reactive ketones (excluding diaryl/α,β-unsaturated/α-hetero) is 1. The van der Waals surface area contributed by atoms with Crippen LogP contribution in [0.15, 0.2) is 57.8 Å². The number of phenols is 1. The van der Waals surface area contributed by atoms with Crippen LogP contribution in [-0.2, 0) is 20.8 Å². The molecule has 0 aromatic heterocycles. The summed E-state index contributed by atoms with van der Waals surface area (Å²) in [7, 11) is 0. The minimum absolute atomic E-state index is 0.0514. The molecule has 0 aliphatic carbocycles. The molecule has 2 rings (SSSR count). The van der Waals surface area contributed by atoms with E-state index in [1.165, 1.54) is 26.1 Å². The van der Waals surface area contributed by atoms with Gasteiger partial charge in [0.25, 0.3) is 0 Å². The topological polar surface area (TPSA) is 133 Å². The maximum Gasteiger partial charge on any atom is 0.236 e. The summed E-state index contributed by atoms with van der Waals surface area (Å²) in [6, 6.07) is 11.1. The summed E-state index contributed by atoms with van der Waals surface area (Å²) in [5.74, 6) is -0.666. The molecule has 0 heterocycles. The first kappa shape index (κ1) is 23.4. The van der Waals surface area contributed by atoms with E-state index >= 15 is 0 Å². The number of nitrogens with zero attached hydrogens (tertiary/aromatic N) is 3. The molecule has 162 valence electrons. The van der Waals surface area contributed by atoms with Crippen molar-refractivity contribution in [2.75, 3.05) is 0 Å². The van der Waals surface area contributed by atoms with Gasteiger partial charge in [0.1, 0.15) is 11.4 Å². The Balaban J connectivity index is 2.13. The van der Waals surface area contributed by atoms with Crippen molar-refractivity contribution in [3.05, 3.63) is 53.6 Å². The van der Waals surface area contributed by atoms with E-state index in [0.29, 0.717) is 12.1 Å². The summed E-state index contributed by atoms with van der Waals surface area (Å²) in [4.78, 5) is 34.3. The Morgan fingerprint density at radius 1 is 1.03 bits per heavy atom. The van der Waals surface area contributed by atoms with Crippen LogP contribution >= 0.6 is 0 Å². The number of aromatic hydroxyl groups is 1. The summed E-state index contributed by atoms with van der Waals surface area (Å²) in [5, 5.41) is 24.8. The summed E-state index contributed by atoms with van der Waals surface area (Å²) in [6.45, 7) is 4.47. The molecule has 0 fully saturated rings. The van der Waals surface area contributed by atoms with Crippen LogP contribution in [0.4, 0.5) is 11.4 Å². The number of carbonyl (C=O) groups is 3. The fraction of sp³-hybridized carbons (Fsp3) is 0.273. The molecule has 0 bridgehead atoms. The van der Waals surface area contributed by atoms with Crippen LogP contribution in [0, 0.1) is 0 Å². The number of ketones is 1. The number of hydrogen-bond donors (Lipinski definition) is 3. The molecular weight excluding hydrogens is 398 g/mol. The van der Waals surface area contributed by atoms with Gasteiger partial charge in [0.2, 0.25) is 11.8 Å². The second-order valence-electron chi connectivity index (χ2n) is 6.82. The number of azo groups is 1. The zero-order valence-electron chi connectivity index (χ0n) is 17.6. The molecule has 2 aromatic carbocycles. The van der Waals surface area contributed by atoms with Gasteiger partial charge in [0.15, 0.2) is 5.78 Å². The van der Waals surface area contributed by atoms with Crippen LogP contribution in [0.25, 0.3) is 0 Å². The number of carbonyl (C=O) groups excluding carboxylic acids is 3. The third-order valence-electron chi connectivity index (χ3n) is 4.20. The molecule has 0 saturated carbocycles. The summed E-state index contributed by atoms with van der Waals surface area (Å²) >= 11 is 0. The Morgan fingerprint density at radius 2 is 1.74 bits per heavy atom. The normalized spacial score (nSPS) is 12.1. The third kappa shape index (κ3) is 7.81. The molecule has 0 spiro atoms. The quantitative estimate of drug-likeness (QED) is 0.324. The molecule has 0 saturated heterocycles. The third-order valence-corrected chi connectivity index (χ3v) is 4.20. The van der Waals surface area contributed by atoms with Crippen LogP contribution in [0.5, 0.6) is 5.75 Å². The highest BCUT2D eigenvalue weighted by Crippen LogP contribution is 2.29. The van der Waals surface area contributed by atoms with Crippen LogP contribution in [-0.4, -0.2) is 35.0 Å². The Morgan fingerprint density at radius 3 is 2.35 bits per heavy atom. The maximum atomic E-state index is 12.1. The predicted octanol–water partition coefficient (Wildman–Crippen LogP) is 3.30. The van der Waals surface area contributed by atoms with E-state index in [-0.39, 0.29) is 35.5 Å². The van der Waals surface area contributed by atoms with Crippen LogP contribution in [0.2, 0.25) is 0 Å². The second-order valence-corrected chi connectivity index (χ2v) is 6.82. The number of phenolic OH excluding ortho intramolecular Hbond substituents is 1. The lowest BCUT2D eigenvalue weighted by Crippen LogP contribution is -2.41. The Labute approximate surface area is 180 Å². The lowest BCUT2D eigenvalue weighted by molar-refractivity contribution is -0.126. The van der Waals surface area contributed by atoms with E-state index < -0.39 is 6.04 Å². The average Bonchev–Trinajstić information content (AvgIpc) is 2.73. The molecule has 0 unspecified atom stereocenters. The van der Waals surface area contributed by atoms with Crippen LogP contribution in [0.1, 0.15) is 38.3 Å². The van der Waals surface area contributed by atoms with Crippen molar-refractivity contribution in [3.8, 4) is 5.75 Å². The van der Waals surface area contributed by atoms with Crippen molar-refractivity contribution in [1.29, 1.82) is 0 Å². The minimum atomic E-state index is -0.636. The molecule has 31 heavy (non-hydrogen) atoms. The van der Waals surface area contributed by atoms with Crippen molar-refractivity contribution in [1.82, 2.24) is 10.7 Å². The number of hydrazone groups is 1. The first-order valence-corrected chi connectivity index (χ1v) is 9.71. The average molecular weight is 423 g/mol. The van der Waals surface area contributed by atoms with E-state index in [9.17, 15) is 19.5 Å². The van der Waals surface area contributed by atoms with E-state index in [1.807, 2.05) is 0 Å².